The van der Waals surface area contributed by atoms with Gasteiger partial charge in [-0.3, -0.25) is 19.9 Å². The fourth-order valence-electron chi connectivity index (χ4n) is 4.38. The molecule has 4 amide bonds. The van der Waals surface area contributed by atoms with E-state index in [2.05, 4.69) is 0 Å². The Labute approximate surface area is 176 Å². The van der Waals surface area contributed by atoms with Gasteiger partial charge in [0.05, 0.1) is 5.69 Å². The Bertz CT molecular complexity index is 1020. The maximum Gasteiger partial charge on any atom is 0.339 e. The molecule has 2 aliphatic rings. The van der Waals surface area contributed by atoms with Crippen LogP contribution in [-0.2, 0) is 0 Å². The minimum absolute atomic E-state index is 0.141. The van der Waals surface area contributed by atoms with E-state index in [1.165, 1.54) is 34.1 Å². The Morgan fingerprint density at radius 2 is 1.45 bits per heavy atom. The first-order valence-electron chi connectivity index (χ1n) is 9.92. The second-order valence-electron chi connectivity index (χ2n) is 7.62. The third-order valence-electron chi connectivity index (χ3n) is 5.73. The van der Waals surface area contributed by atoms with Crippen LogP contribution in [0.2, 0.25) is 0 Å². The van der Waals surface area contributed by atoms with Crippen LogP contribution < -0.4 is 9.80 Å². The van der Waals surface area contributed by atoms with Gasteiger partial charge in [0.2, 0.25) is 6.54 Å². The summed E-state index contributed by atoms with van der Waals surface area (Å²) in [4.78, 5) is 41.7. The van der Waals surface area contributed by atoms with E-state index in [0.29, 0.717) is 12.8 Å². The molecule has 4 rings (SSSR count). The summed E-state index contributed by atoms with van der Waals surface area (Å²) in [5.74, 6) is -1.06. The van der Waals surface area contributed by atoms with Gasteiger partial charge in [0.15, 0.2) is 5.66 Å². The quantitative estimate of drug-likeness (QED) is 0.532. The first-order chi connectivity index (χ1) is 14.8. The molecule has 0 aliphatic carbocycles. The predicted octanol–water partition coefficient (Wildman–Crippen LogP) is 4.38. The van der Waals surface area contributed by atoms with Crippen molar-refractivity contribution in [2.75, 3.05) is 22.9 Å². The normalized spacial score (nSPS) is 21.7. The molecule has 2 fully saturated rings. The molecule has 0 radical (unpaired) electrons. The molecule has 1 atom stereocenters. The lowest BCUT2D eigenvalue weighted by Crippen LogP contribution is -2.76. The fraction of sp³-hybridized carbons (Fsp3) is 0.333. The van der Waals surface area contributed by atoms with E-state index in [0.717, 1.165) is 35.6 Å². The van der Waals surface area contributed by atoms with Crippen molar-refractivity contribution >= 4 is 23.4 Å². The van der Waals surface area contributed by atoms with Crippen LogP contribution in [0.15, 0.2) is 48.5 Å². The van der Waals surface area contributed by atoms with Crippen LogP contribution in [0, 0.1) is 21.7 Å². The fourth-order valence-corrected chi connectivity index (χ4v) is 4.38. The summed E-state index contributed by atoms with van der Waals surface area (Å²) >= 11 is 0. The number of amides is 4. The van der Waals surface area contributed by atoms with Crippen molar-refractivity contribution in [3.8, 4) is 0 Å². The van der Waals surface area contributed by atoms with Crippen molar-refractivity contribution in [3.63, 3.8) is 0 Å². The number of hydrogen-bond acceptors (Lipinski definition) is 4. The molecule has 10 heteroatoms. The minimum atomic E-state index is -1.53. The summed E-state index contributed by atoms with van der Waals surface area (Å²) in [5.41, 5.74) is -1.15. The van der Waals surface area contributed by atoms with Crippen LogP contribution in [0.3, 0.4) is 0 Å². The van der Waals surface area contributed by atoms with Gasteiger partial charge >= 0.3 is 12.1 Å². The number of halogens is 2. The number of rotatable bonds is 4. The Balaban J connectivity index is 1.91. The van der Waals surface area contributed by atoms with E-state index >= 15 is 0 Å². The van der Waals surface area contributed by atoms with Gasteiger partial charge in [-0.25, -0.2) is 23.3 Å². The molecule has 0 spiro atoms. The Morgan fingerprint density at radius 1 is 0.871 bits per heavy atom. The highest BCUT2D eigenvalue weighted by atomic mass is 19.1. The van der Waals surface area contributed by atoms with Crippen molar-refractivity contribution in [2.24, 2.45) is 0 Å². The topological polar surface area (TPSA) is 87.0 Å². The standard InChI is InChI=1S/C21H20F2N4O4/c22-15-4-8-17(9-5-15)26-19(28)24-13-3-1-2-12-21(24,14-25(30)31)27(20(26)29)18-10-6-16(23)7-11-18/h4-11H,1-3,12-14H2. The van der Waals surface area contributed by atoms with Crippen LogP contribution in [0.25, 0.3) is 0 Å². The number of nitro groups is 1. The number of carbonyl (C=O) groups is 2. The molecular formula is C21H20F2N4O4. The average Bonchev–Trinajstić information content (AvgIpc) is 2.93. The zero-order chi connectivity index (χ0) is 22.2. The summed E-state index contributed by atoms with van der Waals surface area (Å²) in [6.45, 7) is -0.450. The van der Waals surface area contributed by atoms with Crippen LogP contribution in [0.1, 0.15) is 25.7 Å². The second-order valence-corrected chi connectivity index (χ2v) is 7.62. The van der Waals surface area contributed by atoms with E-state index in [9.17, 15) is 28.5 Å². The van der Waals surface area contributed by atoms with Crippen LogP contribution in [0.5, 0.6) is 0 Å². The van der Waals surface area contributed by atoms with E-state index in [-0.39, 0.29) is 24.3 Å². The first kappa shape index (κ1) is 20.7. The summed E-state index contributed by atoms with van der Waals surface area (Å²) in [7, 11) is 0. The molecule has 2 saturated heterocycles. The van der Waals surface area contributed by atoms with Crippen molar-refractivity contribution < 1.29 is 23.3 Å². The maximum atomic E-state index is 13.7. The summed E-state index contributed by atoms with van der Waals surface area (Å²) in [6, 6.07) is 8.37. The van der Waals surface area contributed by atoms with Gasteiger partial charge in [-0.05, 0) is 67.8 Å². The molecular weight excluding hydrogens is 410 g/mol. The molecule has 31 heavy (non-hydrogen) atoms. The molecule has 0 N–H and O–H groups in total. The van der Waals surface area contributed by atoms with Gasteiger partial charge in [0.1, 0.15) is 11.6 Å². The van der Waals surface area contributed by atoms with Gasteiger partial charge in [0.25, 0.3) is 0 Å². The highest BCUT2D eigenvalue weighted by Gasteiger charge is 2.58. The molecule has 162 valence electrons. The third-order valence-corrected chi connectivity index (χ3v) is 5.73. The number of urea groups is 2. The molecule has 8 nitrogen and oxygen atoms in total. The molecule has 1 unspecified atom stereocenters. The smallest absolute Gasteiger partial charge is 0.294 e. The van der Waals surface area contributed by atoms with Gasteiger partial charge in [-0.15, -0.1) is 0 Å². The van der Waals surface area contributed by atoms with Gasteiger partial charge in [-0.2, -0.15) is 0 Å². The largest absolute Gasteiger partial charge is 0.339 e. The third kappa shape index (κ3) is 3.58. The number of imide groups is 1. The summed E-state index contributed by atoms with van der Waals surface area (Å²) in [6.07, 6.45) is 2.15. The Morgan fingerprint density at radius 3 is 2.03 bits per heavy atom. The molecule has 0 saturated carbocycles. The molecule has 0 aromatic heterocycles. The Kier molecular flexibility index (Phi) is 5.30. The SMILES string of the molecule is O=C1N(c2ccc(F)cc2)C(=O)N(c2ccc(F)cc2)C2(C[N+](=O)[O-])CCCCCN12. The van der Waals surface area contributed by atoms with Crippen LogP contribution >= 0.6 is 0 Å². The average molecular weight is 430 g/mol. The lowest BCUT2D eigenvalue weighted by atomic mass is 9.97. The number of fused-ring (bicyclic) bond motifs is 1. The molecule has 2 aromatic carbocycles. The molecule has 2 aliphatic heterocycles. The highest BCUT2D eigenvalue weighted by Crippen LogP contribution is 2.41. The van der Waals surface area contributed by atoms with Gasteiger partial charge < -0.3 is 0 Å². The monoisotopic (exact) mass is 430 g/mol. The lowest BCUT2D eigenvalue weighted by Gasteiger charge is -2.53. The lowest BCUT2D eigenvalue weighted by molar-refractivity contribution is -0.494. The second kappa shape index (κ2) is 7.93. The zero-order valence-corrected chi connectivity index (χ0v) is 16.5. The van der Waals surface area contributed by atoms with Crippen LogP contribution in [0.4, 0.5) is 29.7 Å². The minimum Gasteiger partial charge on any atom is -0.294 e. The molecule has 2 heterocycles. The number of hydrogen-bond donors (Lipinski definition) is 0. The number of benzene rings is 2. The van der Waals surface area contributed by atoms with Gasteiger partial charge in [-0.1, -0.05) is 6.42 Å². The van der Waals surface area contributed by atoms with Crippen molar-refractivity contribution in [2.45, 2.75) is 31.3 Å². The van der Waals surface area contributed by atoms with Crippen molar-refractivity contribution in [1.82, 2.24) is 4.90 Å². The number of anilines is 2. The van der Waals surface area contributed by atoms with Crippen LogP contribution in [-0.4, -0.2) is 40.6 Å². The molecule has 0 bridgehead atoms. The summed E-state index contributed by atoms with van der Waals surface area (Å²) in [5, 5.41) is 11.7. The number of carbonyl (C=O) groups excluding carboxylic acids is 2. The van der Waals surface area contributed by atoms with E-state index in [4.69, 9.17) is 0 Å². The van der Waals surface area contributed by atoms with E-state index in [1.54, 1.807) is 0 Å². The van der Waals surface area contributed by atoms with Crippen molar-refractivity contribution in [1.29, 1.82) is 0 Å². The molecule has 2 aromatic rings. The number of nitrogens with zero attached hydrogens (tertiary/aromatic N) is 4. The summed E-state index contributed by atoms with van der Waals surface area (Å²) < 4.78 is 27.0. The Hall–Kier alpha value is -3.56. The van der Waals surface area contributed by atoms with E-state index in [1.807, 2.05) is 0 Å². The zero-order valence-electron chi connectivity index (χ0n) is 16.5. The maximum absolute atomic E-state index is 13.7. The van der Waals surface area contributed by atoms with E-state index < -0.39 is 40.8 Å². The predicted molar refractivity (Wildman–Crippen MR) is 108 cm³/mol. The van der Waals surface area contributed by atoms with Gasteiger partial charge in [0, 0.05) is 17.2 Å². The first-order valence-corrected chi connectivity index (χ1v) is 9.92. The highest BCUT2D eigenvalue weighted by molar-refractivity contribution is 6.21. The van der Waals surface area contributed by atoms with Crippen molar-refractivity contribution in [3.05, 3.63) is 70.3 Å².